The highest BCUT2D eigenvalue weighted by atomic mass is 35.5. The third-order valence-corrected chi connectivity index (χ3v) is 6.07. The highest BCUT2D eigenvalue weighted by Gasteiger charge is 2.37. The number of aromatic nitrogens is 3. The predicted octanol–water partition coefficient (Wildman–Crippen LogP) is 3.87. The smallest absolute Gasteiger partial charge is 0.421 e. The van der Waals surface area contributed by atoms with E-state index in [0.29, 0.717) is 28.6 Å². The van der Waals surface area contributed by atoms with E-state index >= 15 is 0 Å². The third kappa shape index (κ3) is 5.51. The van der Waals surface area contributed by atoms with Crippen LogP contribution < -0.4 is 20.1 Å². The van der Waals surface area contributed by atoms with E-state index in [1.165, 1.54) is 17.2 Å². The van der Waals surface area contributed by atoms with Gasteiger partial charge in [0.2, 0.25) is 16.0 Å². The van der Waals surface area contributed by atoms with E-state index in [4.69, 9.17) is 22.1 Å². The van der Waals surface area contributed by atoms with Crippen molar-refractivity contribution in [3.63, 3.8) is 0 Å². The van der Waals surface area contributed by atoms with Crippen LogP contribution in [-0.2, 0) is 22.7 Å². The van der Waals surface area contributed by atoms with Crippen molar-refractivity contribution in [2.24, 2.45) is 0 Å². The number of nitrogens with one attached hydrogen (secondary N) is 1. The topological polar surface area (TPSA) is 123 Å². The predicted molar refractivity (Wildman–Crippen MR) is 126 cm³/mol. The van der Waals surface area contributed by atoms with Crippen LogP contribution >= 0.6 is 11.6 Å². The molecule has 2 aromatic heterocycles. The molecule has 3 N–H and O–H groups in total. The maximum atomic E-state index is 13.6. The zero-order valence-corrected chi connectivity index (χ0v) is 20.1. The molecule has 4 rings (SSSR count). The number of nitrogen functional groups attached to an aromatic ring is 1. The summed E-state index contributed by atoms with van der Waals surface area (Å²) in [6, 6.07) is 5.08. The van der Waals surface area contributed by atoms with Crippen LogP contribution in [0.15, 0.2) is 30.6 Å². The molecule has 0 unspecified atom stereocenters. The van der Waals surface area contributed by atoms with Crippen molar-refractivity contribution in [2.75, 3.05) is 34.8 Å². The average Bonchev–Trinajstić information content (AvgIpc) is 2.96. The second kappa shape index (κ2) is 9.04. The highest BCUT2D eigenvalue weighted by Crippen LogP contribution is 2.39. The monoisotopic (exact) mass is 528 g/mol. The van der Waals surface area contributed by atoms with Crippen LogP contribution in [0.5, 0.6) is 5.75 Å². The molecule has 0 amide bonds. The van der Waals surface area contributed by atoms with Crippen LogP contribution in [0.4, 0.5) is 30.6 Å². The number of nitrogens with two attached hydrogens (primary N) is 1. The summed E-state index contributed by atoms with van der Waals surface area (Å²) in [5, 5.41) is -0.0267. The van der Waals surface area contributed by atoms with Crippen molar-refractivity contribution in [3.8, 4) is 16.9 Å². The number of aryl methyl sites for hydroxylation is 1. The van der Waals surface area contributed by atoms with Gasteiger partial charge in [-0.1, -0.05) is 11.6 Å². The van der Waals surface area contributed by atoms with Gasteiger partial charge in [-0.25, -0.2) is 18.4 Å². The van der Waals surface area contributed by atoms with Gasteiger partial charge in [0.25, 0.3) is 0 Å². The molecule has 0 radical (unpaired) electrons. The number of hydrogen-bond acceptors (Lipinski definition) is 8. The van der Waals surface area contributed by atoms with Crippen molar-refractivity contribution < 1.29 is 26.3 Å². The summed E-state index contributed by atoms with van der Waals surface area (Å²) >= 11 is 6.03. The van der Waals surface area contributed by atoms with E-state index in [-0.39, 0.29) is 42.3 Å². The molecule has 9 nitrogen and oxygen atoms in total. The number of pyridine rings is 1. The normalized spacial score (nSPS) is 14.2. The molecule has 0 fully saturated rings. The first-order valence-corrected chi connectivity index (χ1v) is 12.4. The Morgan fingerprint density at radius 2 is 1.91 bits per heavy atom. The number of fused-ring (bicyclic) bond motifs is 1. The Bertz CT molecular complexity index is 1400. The van der Waals surface area contributed by atoms with E-state index < -0.39 is 21.8 Å². The Morgan fingerprint density at radius 1 is 1.17 bits per heavy atom. The highest BCUT2D eigenvalue weighted by molar-refractivity contribution is 7.92. The van der Waals surface area contributed by atoms with Crippen LogP contribution in [0.2, 0.25) is 5.15 Å². The van der Waals surface area contributed by atoms with Gasteiger partial charge in [-0.3, -0.25) is 4.72 Å². The van der Waals surface area contributed by atoms with Crippen LogP contribution in [0, 0.1) is 6.92 Å². The number of halogens is 4. The molecule has 35 heavy (non-hydrogen) atoms. The maximum absolute atomic E-state index is 13.6. The second-order valence-corrected chi connectivity index (χ2v) is 10.1. The quantitative estimate of drug-likeness (QED) is 0.489. The Kier molecular flexibility index (Phi) is 6.40. The van der Waals surface area contributed by atoms with Crippen molar-refractivity contribution in [1.82, 2.24) is 15.0 Å². The summed E-state index contributed by atoms with van der Waals surface area (Å²) < 4.78 is 72.4. The van der Waals surface area contributed by atoms with E-state index in [9.17, 15) is 21.6 Å². The van der Waals surface area contributed by atoms with Crippen molar-refractivity contribution >= 4 is 39.1 Å². The van der Waals surface area contributed by atoms with Crippen molar-refractivity contribution in [3.05, 3.63) is 52.4 Å². The summed E-state index contributed by atoms with van der Waals surface area (Å²) in [5.74, 6) is -0.0676. The van der Waals surface area contributed by atoms with E-state index in [1.54, 1.807) is 13.0 Å². The molecular formula is C21H20ClF3N6O3S. The molecule has 1 aliphatic rings. The van der Waals surface area contributed by atoms with Gasteiger partial charge in [0.15, 0.2) is 5.15 Å². The maximum Gasteiger partial charge on any atom is 0.421 e. The van der Waals surface area contributed by atoms with Gasteiger partial charge in [-0.05, 0) is 36.2 Å². The number of hydrogen-bond donors (Lipinski definition) is 2. The fourth-order valence-corrected chi connectivity index (χ4v) is 4.53. The summed E-state index contributed by atoms with van der Waals surface area (Å²) in [6.07, 6.45) is -1.54. The van der Waals surface area contributed by atoms with E-state index in [2.05, 4.69) is 19.7 Å². The molecule has 0 aliphatic carbocycles. The van der Waals surface area contributed by atoms with Gasteiger partial charge < -0.3 is 15.4 Å². The molecule has 1 aromatic carbocycles. The van der Waals surface area contributed by atoms with Gasteiger partial charge in [-0.2, -0.15) is 18.2 Å². The number of anilines is 3. The number of rotatable bonds is 4. The molecule has 1 aliphatic heterocycles. The fourth-order valence-electron chi connectivity index (χ4n) is 3.77. The molecule has 14 heteroatoms. The molecular weight excluding hydrogens is 509 g/mol. The fraction of sp³-hybridized carbons (Fsp3) is 0.286. The minimum absolute atomic E-state index is 0.0267. The largest absolute Gasteiger partial charge is 0.491 e. The lowest BCUT2D eigenvalue weighted by molar-refractivity contribution is -0.137. The van der Waals surface area contributed by atoms with Crippen LogP contribution in [0.3, 0.4) is 0 Å². The van der Waals surface area contributed by atoms with Gasteiger partial charge in [0.05, 0.1) is 18.5 Å². The van der Waals surface area contributed by atoms with Gasteiger partial charge in [0, 0.05) is 30.1 Å². The van der Waals surface area contributed by atoms with E-state index in [1.807, 2.05) is 6.07 Å². The summed E-state index contributed by atoms with van der Waals surface area (Å²) in [6.45, 7) is 2.12. The summed E-state index contributed by atoms with van der Waals surface area (Å²) in [4.78, 5) is 12.9. The zero-order chi connectivity index (χ0) is 25.5. The Morgan fingerprint density at radius 3 is 2.60 bits per heavy atom. The Hall–Kier alpha value is -3.32. The molecule has 186 valence electrons. The lowest BCUT2D eigenvalue weighted by Crippen LogP contribution is -2.29. The minimum atomic E-state index is -4.67. The zero-order valence-electron chi connectivity index (χ0n) is 18.5. The first-order chi connectivity index (χ1) is 16.3. The molecule has 0 bridgehead atoms. The van der Waals surface area contributed by atoms with Crippen molar-refractivity contribution in [2.45, 2.75) is 19.6 Å². The molecule has 0 atom stereocenters. The lowest BCUT2D eigenvalue weighted by Gasteiger charge is -2.24. The SMILES string of the molecule is Cc1cc(-c2cnc(Cl)c(NS(C)(=O)=O)c2)cc2c1OCCN(c1nc(N)ncc1C(F)(F)F)C2. The number of benzene rings is 1. The van der Waals surface area contributed by atoms with Gasteiger partial charge >= 0.3 is 6.18 Å². The average molecular weight is 529 g/mol. The Balaban J connectivity index is 1.77. The van der Waals surface area contributed by atoms with Crippen LogP contribution in [0.1, 0.15) is 16.7 Å². The van der Waals surface area contributed by atoms with Crippen LogP contribution in [-0.4, -0.2) is 42.8 Å². The second-order valence-electron chi connectivity index (χ2n) is 7.95. The number of ether oxygens (including phenoxy) is 1. The Labute approximate surface area is 204 Å². The molecule has 0 spiro atoms. The minimum Gasteiger partial charge on any atom is -0.491 e. The molecule has 3 aromatic rings. The molecule has 0 saturated heterocycles. The summed E-state index contributed by atoms with van der Waals surface area (Å²) in [5.41, 5.74) is 7.23. The number of nitrogens with zero attached hydrogens (tertiary/aromatic N) is 4. The van der Waals surface area contributed by atoms with Gasteiger partial charge in [-0.15, -0.1) is 0 Å². The number of sulfonamides is 1. The third-order valence-electron chi connectivity index (χ3n) is 5.18. The van der Waals surface area contributed by atoms with Gasteiger partial charge in [0.1, 0.15) is 23.7 Å². The number of alkyl halides is 3. The van der Waals surface area contributed by atoms with E-state index in [0.717, 1.165) is 11.8 Å². The van der Waals surface area contributed by atoms with Crippen molar-refractivity contribution in [1.29, 1.82) is 0 Å². The lowest BCUT2D eigenvalue weighted by atomic mass is 9.99. The van der Waals surface area contributed by atoms with Crippen LogP contribution in [0.25, 0.3) is 11.1 Å². The standard InChI is InChI=1S/C21H20ClF3N6O3S/c1-11-5-12(13-7-16(18(22)27-8-13)30-35(2,32)33)6-14-10-31(3-4-34-17(11)14)19-15(21(23,24)25)9-28-20(26)29-19/h5-9,30H,3-4,10H2,1-2H3,(H2,26,28,29). The summed E-state index contributed by atoms with van der Waals surface area (Å²) in [7, 11) is -3.60. The molecule has 0 saturated carbocycles. The molecule has 3 heterocycles. The first-order valence-electron chi connectivity index (χ1n) is 10.2. The first kappa shape index (κ1) is 24.8.